The van der Waals surface area contributed by atoms with Gasteiger partial charge >= 0.3 is 0 Å². The van der Waals surface area contributed by atoms with Gasteiger partial charge in [0.1, 0.15) is 55.1 Å². The molecule has 2 heterocycles. The second-order valence-corrected chi connectivity index (χ2v) is 19.0. The number of fused-ring (bicyclic) bond motifs is 5. The molecule has 13 heteroatoms. The summed E-state index contributed by atoms with van der Waals surface area (Å²) in [5.41, 5.74) is 0.0237. The third-order valence-corrected chi connectivity index (χ3v) is 16.0. The Labute approximate surface area is 320 Å². The average Bonchev–Trinajstić information content (AvgIpc) is 3.49. The second kappa shape index (κ2) is 15.9. The van der Waals surface area contributed by atoms with E-state index in [1.165, 1.54) is 11.9 Å². The molecule has 13 nitrogen and oxygen atoms in total. The van der Waals surface area contributed by atoms with Gasteiger partial charge in [-0.15, -0.1) is 0 Å². The van der Waals surface area contributed by atoms with Crippen LogP contribution in [0.2, 0.25) is 0 Å². The molecule has 4 aliphatic carbocycles. The molecule has 4 saturated carbocycles. The van der Waals surface area contributed by atoms with Crippen LogP contribution in [0.4, 0.5) is 0 Å². The fourth-order valence-corrected chi connectivity index (χ4v) is 12.8. The first kappa shape index (κ1) is 42.5. The fraction of sp³-hybridized carbons (Fsp3) is 0.927. The number of hydrogen-bond donors (Lipinski definition) is 8. The van der Waals surface area contributed by atoms with Gasteiger partial charge in [-0.25, -0.2) is 0 Å². The maximum absolute atomic E-state index is 13.7. The van der Waals surface area contributed by atoms with Gasteiger partial charge in [-0.3, -0.25) is 0 Å². The SMILES string of the molecule is CC(C)=CCCC(O)C1CCC2(C)C1CCC1C3(C=O)CCC(O[C@@H]4O[C@H](CO)[C@@H](O)[C@H](O)[C@H]4O[C@@H]4O[C@H](CO)[C@@H](O)[C@H](O)[C@H]4O)C(C)(C)C3CCC12C. The molecule has 6 aliphatic rings. The molecule has 2 aliphatic heterocycles. The van der Waals surface area contributed by atoms with Crippen molar-refractivity contribution in [2.75, 3.05) is 13.2 Å². The van der Waals surface area contributed by atoms with Crippen LogP contribution >= 0.6 is 0 Å². The number of carbonyl (C=O) groups is 1. The Balaban J connectivity index is 1.22. The topological polar surface area (TPSA) is 216 Å². The number of ether oxygens (including phenoxy) is 4. The van der Waals surface area contributed by atoms with Gasteiger partial charge in [0.15, 0.2) is 12.6 Å². The lowest BCUT2D eigenvalue weighted by Crippen LogP contribution is -2.67. The van der Waals surface area contributed by atoms with Gasteiger partial charge in [0.25, 0.3) is 0 Å². The average molecular weight is 769 g/mol. The van der Waals surface area contributed by atoms with Crippen LogP contribution in [0.3, 0.4) is 0 Å². The molecule has 8 N–H and O–H groups in total. The predicted molar refractivity (Wildman–Crippen MR) is 195 cm³/mol. The van der Waals surface area contributed by atoms with Gasteiger partial charge in [-0.2, -0.15) is 0 Å². The zero-order valence-electron chi connectivity index (χ0n) is 33.0. The minimum absolute atomic E-state index is 0.00225. The summed E-state index contributed by atoms with van der Waals surface area (Å²) in [4.78, 5) is 13.7. The van der Waals surface area contributed by atoms with Crippen LogP contribution in [0, 0.1) is 45.3 Å². The van der Waals surface area contributed by atoms with E-state index in [-0.39, 0.29) is 34.7 Å². The van der Waals surface area contributed by atoms with Crippen LogP contribution in [-0.4, -0.2) is 134 Å². The van der Waals surface area contributed by atoms with Crippen LogP contribution in [0.1, 0.15) is 106 Å². The zero-order valence-corrected chi connectivity index (χ0v) is 33.0. The largest absolute Gasteiger partial charge is 0.394 e. The maximum Gasteiger partial charge on any atom is 0.187 e. The normalized spacial score (nSPS) is 50.7. The first-order chi connectivity index (χ1) is 25.4. The highest BCUT2D eigenvalue weighted by Crippen LogP contribution is 2.75. The van der Waals surface area contributed by atoms with Crippen LogP contribution in [-0.2, 0) is 23.7 Å². The molecule has 0 spiro atoms. The molecule has 6 rings (SSSR count). The second-order valence-electron chi connectivity index (χ2n) is 19.0. The van der Waals surface area contributed by atoms with Crippen molar-refractivity contribution in [1.29, 1.82) is 0 Å². The van der Waals surface area contributed by atoms with Gasteiger partial charge < -0.3 is 64.6 Å². The van der Waals surface area contributed by atoms with E-state index in [2.05, 4.69) is 47.6 Å². The summed E-state index contributed by atoms with van der Waals surface area (Å²) in [5, 5.41) is 84.6. The Morgan fingerprint density at radius 3 is 2.00 bits per heavy atom. The summed E-state index contributed by atoms with van der Waals surface area (Å²) in [5.74, 6) is 0.782. The molecular formula is C41H68O13. The van der Waals surface area contributed by atoms with Crippen LogP contribution in [0.5, 0.6) is 0 Å². The smallest absolute Gasteiger partial charge is 0.187 e. The summed E-state index contributed by atoms with van der Waals surface area (Å²) >= 11 is 0. The van der Waals surface area contributed by atoms with Crippen LogP contribution in [0.15, 0.2) is 11.6 Å². The van der Waals surface area contributed by atoms with Crippen molar-refractivity contribution < 1.29 is 64.6 Å². The lowest BCUT2D eigenvalue weighted by Gasteiger charge is -2.69. The zero-order chi connectivity index (χ0) is 39.5. The summed E-state index contributed by atoms with van der Waals surface area (Å²) in [6.07, 6.45) is -4.24. The van der Waals surface area contributed by atoms with Gasteiger partial charge in [-0.05, 0) is 118 Å². The number of allylic oxidation sites excluding steroid dienone is 2. The lowest BCUT2D eigenvalue weighted by atomic mass is 9.35. The Hall–Kier alpha value is -1.07. The lowest BCUT2D eigenvalue weighted by molar-refractivity contribution is -0.378. The molecule has 310 valence electrons. The van der Waals surface area contributed by atoms with E-state index in [4.69, 9.17) is 18.9 Å². The minimum atomic E-state index is -1.77. The molecule has 9 unspecified atom stereocenters. The number of aliphatic hydroxyl groups excluding tert-OH is 8. The molecule has 0 aromatic heterocycles. The predicted octanol–water partition coefficient (Wildman–Crippen LogP) is 1.97. The highest BCUT2D eigenvalue weighted by Gasteiger charge is 2.70. The fourth-order valence-electron chi connectivity index (χ4n) is 12.8. The molecule has 19 atom stereocenters. The molecule has 0 radical (unpaired) electrons. The third-order valence-electron chi connectivity index (χ3n) is 16.0. The van der Waals surface area contributed by atoms with Crippen molar-refractivity contribution in [3.63, 3.8) is 0 Å². The molecule has 0 aromatic carbocycles. The van der Waals surface area contributed by atoms with Crippen molar-refractivity contribution >= 4 is 6.29 Å². The Morgan fingerprint density at radius 1 is 0.741 bits per heavy atom. The van der Waals surface area contributed by atoms with Crippen molar-refractivity contribution in [3.05, 3.63) is 11.6 Å². The highest BCUT2D eigenvalue weighted by molar-refractivity contribution is 5.62. The van der Waals surface area contributed by atoms with Crippen molar-refractivity contribution in [2.24, 2.45) is 45.3 Å². The van der Waals surface area contributed by atoms with Gasteiger partial charge in [-0.1, -0.05) is 39.3 Å². The summed E-state index contributed by atoms with van der Waals surface area (Å²) < 4.78 is 24.2. The number of aliphatic hydroxyl groups is 8. The van der Waals surface area contributed by atoms with E-state index < -0.39 is 91.6 Å². The Bertz CT molecular complexity index is 1340. The monoisotopic (exact) mass is 768 g/mol. The van der Waals surface area contributed by atoms with E-state index in [1.54, 1.807) is 0 Å². The van der Waals surface area contributed by atoms with Crippen LogP contribution < -0.4 is 0 Å². The quantitative estimate of drug-likeness (QED) is 0.0859. The number of rotatable bonds is 11. The highest BCUT2D eigenvalue weighted by atomic mass is 16.8. The molecule has 0 amide bonds. The maximum atomic E-state index is 13.7. The molecule has 0 bridgehead atoms. The van der Waals surface area contributed by atoms with E-state index in [9.17, 15) is 45.6 Å². The van der Waals surface area contributed by atoms with E-state index in [1.807, 2.05) is 0 Å². The van der Waals surface area contributed by atoms with Gasteiger partial charge in [0.05, 0.1) is 25.4 Å². The summed E-state index contributed by atoms with van der Waals surface area (Å²) in [6, 6.07) is 0. The standard InChI is InChI=1S/C41H68O13/c1-21(2)8-7-9-24(45)22-12-15-39(5)23(22)10-11-28-40(39,6)16-13-27-38(3,4)29(14-17-41(27,28)20-44)53-37-35(33(49)31(47)26(19-43)52-37)54-36-34(50)32(48)30(46)25(18-42)51-36/h8,20,22-37,42-43,45-50H,7,9-19H2,1-6H3/t22?,23?,24?,25-,26-,27?,28?,29?,30-,31-,32+,33+,34-,35-,36+,37+,39?,40?,41?/m1/s1. The summed E-state index contributed by atoms with van der Waals surface area (Å²) in [7, 11) is 0. The number of carbonyl (C=O) groups excluding carboxylic acids is 1. The van der Waals surface area contributed by atoms with Crippen molar-refractivity contribution in [3.8, 4) is 0 Å². The van der Waals surface area contributed by atoms with Crippen molar-refractivity contribution in [1.82, 2.24) is 0 Å². The number of aldehydes is 1. The first-order valence-corrected chi connectivity index (χ1v) is 20.4. The molecular weight excluding hydrogens is 700 g/mol. The van der Waals surface area contributed by atoms with Crippen molar-refractivity contribution in [2.45, 2.75) is 179 Å². The van der Waals surface area contributed by atoms with Gasteiger partial charge in [0, 0.05) is 5.41 Å². The van der Waals surface area contributed by atoms with Crippen LogP contribution in [0.25, 0.3) is 0 Å². The van der Waals surface area contributed by atoms with E-state index >= 15 is 0 Å². The van der Waals surface area contributed by atoms with E-state index in [0.29, 0.717) is 18.8 Å². The molecule has 54 heavy (non-hydrogen) atoms. The summed E-state index contributed by atoms with van der Waals surface area (Å²) in [6.45, 7) is 11.9. The molecule has 6 fully saturated rings. The Kier molecular flexibility index (Phi) is 12.6. The Morgan fingerprint density at radius 2 is 1.37 bits per heavy atom. The first-order valence-electron chi connectivity index (χ1n) is 20.4. The van der Waals surface area contributed by atoms with Gasteiger partial charge in [0.2, 0.25) is 0 Å². The molecule has 0 aromatic rings. The van der Waals surface area contributed by atoms with E-state index in [0.717, 1.165) is 51.4 Å². The molecule has 2 saturated heterocycles. The number of hydrogen-bond acceptors (Lipinski definition) is 13. The minimum Gasteiger partial charge on any atom is -0.394 e. The third kappa shape index (κ3) is 6.87.